The van der Waals surface area contributed by atoms with Crippen LogP contribution in [0.4, 0.5) is 4.39 Å². The van der Waals surface area contributed by atoms with E-state index in [9.17, 15) is 9.18 Å². The van der Waals surface area contributed by atoms with E-state index in [1.807, 2.05) is 23.1 Å². The minimum Gasteiger partial charge on any atom is -0.486 e. The molecule has 5 nitrogen and oxygen atoms in total. The molecule has 0 radical (unpaired) electrons. The molecule has 0 unspecified atom stereocenters. The van der Waals surface area contributed by atoms with Gasteiger partial charge in [0.05, 0.1) is 21.5 Å². The van der Waals surface area contributed by atoms with E-state index in [1.165, 1.54) is 23.9 Å². The number of fused-ring (bicyclic) bond motifs is 1. The number of ether oxygens (including phenoxy) is 2. The summed E-state index contributed by atoms with van der Waals surface area (Å²) >= 11 is 9.08. The number of carbonyl (C=O) groups is 1. The largest absolute Gasteiger partial charge is 0.486 e. The van der Waals surface area contributed by atoms with Crippen LogP contribution < -0.4 is 9.47 Å². The Labute approximate surface area is 204 Å². The van der Waals surface area contributed by atoms with Gasteiger partial charge in [0.1, 0.15) is 19.0 Å². The number of amides is 1. The average Bonchev–Trinajstić information content (AvgIpc) is 3.33. The van der Waals surface area contributed by atoms with Crippen molar-refractivity contribution in [2.24, 2.45) is 0 Å². The van der Waals surface area contributed by atoms with Crippen molar-refractivity contribution in [3.63, 3.8) is 0 Å². The summed E-state index contributed by atoms with van der Waals surface area (Å²) in [4.78, 5) is 20.2. The second kappa shape index (κ2) is 9.91. The number of benzene rings is 2. The SMILES string of the molecule is O=C(CSc1ccc(F)cc1Cl)N1CCC(c2nc(-c3ccc4c(c3)OCCO4)cs2)CC1. The molecule has 0 N–H and O–H groups in total. The molecule has 0 atom stereocenters. The summed E-state index contributed by atoms with van der Waals surface area (Å²) in [6.45, 7) is 2.55. The van der Waals surface area contributed by atoms with Crippen molar-refractivity contribution in [1.82, 2.24) is 9.88 Å². The van der Waals surface area contributed by atoms with Gasteiger partial charge >= 0.3 is 0 Å². The average molecular weight is 505 g/mol. The van der Waals surface area contributed by atoms with Gasteiger partial charge in [-0.25, -0.2) is 9.37 Å². The third-order valence-electron chi connectivity index (χ3n) is 5.80. The van der Waals surface area contributed by atoms with Crippen LogP contribution in [0.2, 0.25) is 5.02 Å². The number of carbonyl (C=O) groups excluding carboxylic acids is 1. The van der Waals surface area contributed by atoms with E-state index in [4.69, 9.17) is 26.1 Å². The minimum absolute atomic E-state index is 0.0787. The van der Waals surface area contributed by atoms with Crippen LogP contribution in [-0.4, -0.2) is 47.8 Å². The highest BCUT2D eigenvalue weighted by atomic mass is 35.5. The maximum Gasteiger partial charge on any atom is 0.232 e. The molecule has 3 aromatic rings. The Morgan fingerprint density at radius 1 is 1.15 bits per heavy atom. The predicted molar refractivity (Wildman–Crippen MR) is 129 cm³/mol. The molecule has 0 aliphatic carbocycles. The Balaban J connectivity index is 1.16. The van der Waals surface area contributed by atoms with Gasteiger partial charge < -0.3 is 14.4 Å². The lowest BCUT2D eigenvalue weighted by molar-refractivity contribution is -0.129. The summed E-state index contributed by atoms with van der Waals surface area (Å²) in [5, 5.41) is 3.53. The molecule has 2 aliphatic heterocycles. The first-order valence-electron chi connectivity index (χ1n) is 10.8. The summed E-state index contributed by atoms with van der Waals surface area (Å²) in [6, 6.07) is 10.2. The number of thioether (sulfide) groups is 1. The minimum atomic E-state index is -0.378. The Morgan fingerprint density at radius 2 is 1.94 bits per heavy atom. The second-order valence-corrected chi connectivity index (χ2v) is 10.3. The number of nitrogens with zero attached hydrogens (tertiary/aromatic N) is 2. The second-order valence-electron chi connectivity index (χ2n) is 7.95. The highest BCUT2D eigenvalue weighted by molar-refractivity contribution is 8.00. The van der Waals surface area contributed by atoms with Gasteiger partial charge in [-0.05, 0) is 49.2 Å². The third kappa shape index (κ3) is 5.13. The van der Waals surface area contributed by atoms with Crippen LogP contribution in [0.15, 0.2) is 46.7 Å². The summed E-state index contributed by atoms with van der Waals surface area (Å²) in [5.74, 6) is 1.88. The fourth-order valence-electron chi connectivity index (χ4n) is 4.01. The fraction of sp³-hybridized carbons (Fsp3) is 0.333. The van der Waals surface area contributed by atoms with E-state index in [-0.39, 0.29) is 11.7 Å². The Hall–Kier alpha value is -2.29. The smallest absolute Gasteiger partial charge is 0.232 e. The van der Waals surface area contributed by atoms with Crippen LogP contribution in [0.3, 0.4) is 0 Å². The van der Waals surface area contributed by atoms with Gasteiger partial charge in [0.15, 0.2) is 11.5 Å². The molecule has 5 rings (SSSR count). The number of piperidine rings is 1. The monoisotopic (exact) mass is 504 g/mol. The highest BCUT2D eigenvalue weighted by Gasteiger charge is 2.26. The summed E-state index contributed by atoms with van der Waals surface area (Å²) in [6.07, 6.45) is 1.78. The molecule has 0 bridgehead atoms. The molecular formula is C24H22ClFN2O3S2. The number of aromatic nitrogens is 1. The van der Waals surface area contributed by atoms with Crippen LogP contribution in [0.1, 0.15) is 23.8 Å². The van der Waals surface area contributed by atoms with E-state index in [1.54, 1.807) is 17.4 Å². The topological polar surface area (TPSA) is 51.7 Å². The van der Waals surface area contributed by atoms with Crippen molar-refractivity contribution < 1.29 is 18.7 Å². The van der Waals surface area contributed by atoms with Gasteiger partial charge in [-0.2, -0.15) is 0 Å². The zero-order valence-electron chi connectivity index (χ0n) is 17.8. The molecule has 2 aliphatic rings. The van der Waals surface area contributed by atoms with Gasteiger partial charge in [0.25, 0.3) is 0 Å². The first kappa shape index (κ1) is 22.5. The number of halogens is 2. The number of hydrogen-bond donors (Lipinski definition) is 0. The molecule has 172 valence electrons. The molecule has 1 saturated heterocycles. The predicted octanol–water partition coefficient (Wildman–Crippen LogP) is 5.87. The molecule has 2 aromatic carbocycles. The van der Waals surface area contributed by atoms with Crippen molar-refractivity contribution in [2.45, 2.75) is 23.7 Å². The zero-order chi connectivity index (χ0) is 22.8. The first-order valence-corrected chi connectivity index (χ1v) is 13.0. The van der Waals surface area contributed by atoms with Crippen LogP contribution in [0.5, 0.6) is 11.5 Å². The number of likely N-dealkylation sites (tertiary alicyclic amines) is 1. The molecular weight excluding hydrogens is 483 g/mol. The molecule has 1 aromatic heterocycles. The summed E-state index contributed by atoms with van der Waals surface area (Å²) in [7, 11) is 0. The van der Waals surface area contributed by atoms with Crippen molar-refractivity contribution >= 4 is 40.6 Å². The van der Waals surface area contributed by atoms with Gasteiger partial charge in [0.2, 0.25) is 5.91 Å². The van der Waals surface area contributed by atoms with Crippen molar-refractivity contribution in [1.29, 1.82) is 0 Å². The number of hydrogen-bond acceptors (Lipinski definition) is 6. The van der Waals surface area contributed by atoms with Crippen LogP contribution >= 0.6 is 34.7 Å². The van der Waals surface area contributed by atoms with Crippen molar-refractivity contribution in [3.05, 3.63) is 57.6 Å². The maximum absolute atomic E-state index is 13.2. The van der Waals surface area contributed by atoms with E-state index in [2.05, 4.69) is 5.38 Å². The van der Waals surface area contributed by atoms with Gasteiger partial charge in [-0.15, -0.1) is 23.1 Å². The lowest BCUT2D eigenvalue weighted by Crippen LogP contribution is -2.38. The molecule has 1 amide bonds. The summed E-state index contributed by atoms with van der Waals surface area (Å²) in [5.41, 5.74) is 1.96. The normalized spacial score (nSPS) is 16.1. The Morgan fingerprint density at radius 3 is 2.73 bits per heavy atom. The van der Waals surface area contributed by atoms with Gasteiger partial charge in [-0.3, -0.25) is 4.79 Å². The molecule has 0 saturated carbocycles. The highest BCUT2D eigenvalue weighted by Crippen LogP contribution is 2.37. The van der Waals surface area contributed by atoms with E-state index < -0.39 is 0 Å². The van der Waals surface area contributed by atoms with E-state index >= 15 is 0 Å². The van der Waals surface area contributed by atoms with Crippen LogP contribution in [-0.2, 0) is 4.79 Å². The molecule has 33 heavy (non-hydrogen) atoms. The third-order valence-corrected chi connectivity index (χ3v) is 8.29. The standard InChI is InChI=1S/C24H22ClFN2O3S2/c25-18-12-17(26)2-4-22(18)32-14-23(29)28-7-5-15(6-8-28)24-27-19(13-33-24)16-1-3-20-21(11-16)31-10-9-30-20/h1-4,11-13,15H,5-10,14H2. The van der Waals surface area contributed by atoms with E-state index in [0.29, 0.717) is 43.0 Å². The van der Waals surface area contributed by atoms with Gasteiger partial charge in [-0.1, -0.05) is 11.6 Å². The van der Waals surface area contributed by atoms with Crippen LogP contribution in [0.25, 0.3) is 11.3 Å². The summed E-state index contributed by atoms with van der Waals surface area (Å²) < 4.78 is 24.5. The zero-order valence-corrected chi connectivity index (χ0v) is 20.1. The number of rotatable bonds is 5. The Bertz CT molecular complexity index is 1160. The maximum atomic E-state index is 13.2. The lowest BCUT2D eigenvalue weighted by Gasteiger charge is -2.31. The van der Waals surface area contributed by atoms with Crippen molar-refractivity contribution in [2.75, 3.05) is 32.1 Å². The quantitative estimate of drug-likeness (QED) is 0.406. The van der Waals surface area contributed by atoms with Crippen molar-refractivity contribution in [3.8, 4) is 22.8 Å². The van der Waals surface area contributed by atoms with Crippen LogP contribution in [0, 0.1) is 5.82 Å². The molecule has 0 spiro atoms. The number of thiazole rings is 1. The fourth-order valence-corrected chi connectivity index (χ4v) is 6.16. The lowest BCUT2D eigenvalue weighted by atomic mass is 9.97. The van der Waals surface area contributed by atoms with E-state index in [0.717, 1.165) is 45.5 Å². The molecule has 9 heteroatoms. The Kier molecular flexibility index (Phi) is 6.76. The molecule has 1 fully saturated rings. The van der Waals surface area contributed by atoms with Gasteiger partial charge in [0, 0.05) is 34.8 Å². The first-order chi connectivity index (χ1) is 16.1. The molecule has 3 heterocycles.